The molecule has 2 aromatic rings. The number of carboxylic acid groups (broad SMARTS) is 1. The molecule has 36 heavy (non-hydrogen) atoms. The second-order valence-electron chi connectivity index (χ2n) is 8.31. The molecule has 1 aliphatic rings. The first-order valence-corrected chi connectivity index (χ1v) is 10.9. The van der Waals surface area contributed by atoms with E-state index in [0.717, 1.165) is 55.5 Å². The molecule has 14 heteroatoms. The highest BCUT2D eigenvalue weighted by molar-refractivity contribution is 5.89. The number of carbonyl (C=O) groups excluding carboxylic acids is 1. The summed E-state index contributed by atoms with van der Waals surface area (Å²) in [5.41, 5.74) is 0.0891. The van der Waals surface area contributed by atoms with Crippen LogP contribution in [0.15, 0.2) is 24.3 Å². The van der Waals surface area contributed by atoms with Crippen LogP contribution in [0.4, 0.5) is 44.1 Å². The van der Waals surface area contributed by atoms with Crippen molar-refractivity contribution >= 4 is 29.3 Å². The molecule has 0 aliphatic heterocycles. The average Bonchev–Trinajstić information content (AvgIpc) is 2.73. The van der Waals surface area contributed by atoms with Crippen LogP contribution in [0.5, 0.6) is 0 Å². The van der Waals surface area contributed by atoms with Crippen molar-refractivity contribution in [1.82, 2.24) is 15.3 Å². The zero-order valence-electron chi connectivity index (χ0n) is 19.8. The van der Waals surface area contributed by atoms with E-state index in [-0.39, 0.29) is 17.8 Å². The Balaban J connectivity index is 0.000000572. The van der Waals surface area contributed by atoms with Crippen LogP contribution >= 0.6 is 0 Å². The van der Waals surface area contributed by atoms with Gasteiger partial charge in [-0.1, -0.05) is 0 Å². The summed E-state index contributed by atoms with van der Waals surface area (Å²) < 4.78 is 58.2. The highest BCUT2D eigenvalue weighted by atomic mass is 19.4. The number of nitrogens with zero attached hydrogens (tertiary/aromatic N) is 3. The van der Waals surface area contributed by atoms with Crippen molar-refractivity contribution in [2.24, 2.45) is 0 Å². The molecule has 1 heterocycles. The van der Waals surface area contributed by atoms with E-state index in [4.69, 9.17) is 9.90 Å². The maximum Gasteiger partial charge on any atom is 0.490 e. The molecule has 1 aromatic heterocycles. The Morgan fingerprint density at radius 2 is 1.50 bits per heavy atom. The Bertz CT molecular complexity index is 1040. The molecule has 0 atom stereocenters. The molecule has 9 nitrogen and oxygen atoms in total. The summed E-state index contributed by atoms with van der Waals surface area (Å²) in [7, 11) is 3.87. The van der Waals surface area contributed by atoms with E-state index in [9.17, 15) is 26.7 Å². The number of rotatable bonds is 5. The largest absolute Gasteiger partial charge is 0.490 e. The molecule has 1 fully saturated rings. The lowest BCUT2D eigenvalue weighted by Gasteiger charge is -2.30. The molecule has 0 radical (unpaired) electrons. The van der Waals surface area contributed by atoms with E-state index < -0.39 is 29.8 Å². The van der Waals surface area contributed by atoms with Gasteiger partial charge in [-0.2, -0.15) is 13.2 Å². The molecule has 3 rings (SSSR count). The van der Waals surface area contributed by atoms with E-state index in [1.807, 2.05) is 32.0 Å². The van der Waals surface area contributed by atoms with Gasteiger partial charge in [-0.15, -0.1) is 0 Å². The summed E-state index contributed by atoms with van der Waals surface area (Å²) >= 11 is 0. The lowest BCUT2D eigenvalue weighted by atomic mass is 9.91. The first kappa shape index (κ1) is 28.5. The average molecular weight is 518 g/mol. The quantitative estimate of drug-likeness (QED) is 0.436. The minimum absolute atomic E-state index is 0.0101. The number of urea groups is 1. The molecule has 2 amide bonds. The number of hydrogen-bond donors (Lipinski definition) is 4. The standard InChI is InChI=1S/C20H26F2N6O.C2HF3O2/c1-12-23-18(11-19(24-12)28(2)3)25-15-4-6-16(7-5-15)26-20(29)27-17-9-13(21)8-14(22)10-17;3-2(4,5)1(6)7/h8-11,15-16H,4-7H2,1-3H3,(H,23,24,25)(H2,26,27,29);(H,6,7)/t15-,16+;. The van der Waals surface area contributed by atoms with Crippen molar-refractivity contribution < 1.29 is 36.6 Å². The zero-order chi connectivity index (χ0) is 27.0. The lowest BCUT2D eigenvalue weighted by molar-refractivity contribution is -0.192. The van der Waals surface area contributed by atoms with Crippen molar-refractivity contribution in [2.45, 2.75) is 50.9 Å². The summed E-state index contributed by atoms with van der Waals surface area (Å²) in [6, 6.07) is 4.65. The van der Waals surface area contributed by atoms with Gasteiger partial charge in [0.1, 0.15) is 29.1 Å². The summed E-state index contributed by atoms with van der Waals surface area (Å²) in [5, 5.41) is 15.9. The highest BCUT2D eigenvalue weighted by Crippen LogP contribution is 2.23. The smallest absolute Gasteiger partial charge is 0.475 e. The van der Waals surface area contributed by atoms with Crippen LogP contribution in [0.2, 0.25) is 0 Å². The Hall–Kier alpha value is -3.71. The first-order valence-electron chi connectivity index (χ1n) is 10.9. The van der Waals surface area contributed by atoms with Crippen LogP contribution < -0.4 is 20.9 Å². The van der Waals surface area contributed by atoms with Gasteiger partial charge in [-0.25, -0.2) is 28.3 Å². The number of nitrogens with one attached hydrogen (secondary N) is 3. The molecule has 4 N–H and O–H groups in total. The second kappa shape index (κ2) is 12.3. The number of halogens is 5. The van der Waals surface area contributed by atoms with Gasteiger partial charge in [-0.3, -0.25) is 0 Å². The summed E-state index contributed by atoms with van der Waals surface area (Å²) in [6.07, 6.45) is -1.74. The molecular weight excluding hydrogens is 491 g/mol. The molecule has 1 aromatic carbocycles. The fraction of sp³-hybridized carbons (Fsp3) is 0.455. The van der Waals surface area contributed by atoms with Crippen LogP contribution in [-0.2, 0) is 4.79 Å². The van der Waals surface area contributed by atoms with Crippen molar-refractivity contribution in [2.75, 3.05) is 29.6 Å². The number of hydrogen-bond acceptors (Lipinski definition) is 6. The Morgan fingerprint density at radius 1 is 0.972 bits per heavy atom. The van der Waals surface area contributed by atoms with Crippen LogP contribution in [0.1, 0.15) is 31.5 Å². The third-order valence-corrected chi connectivity index (χ3v) is 5.06. The van der Waals surface area contributed by atoms with Gasteiger partial charge in [0.2, 0.25) is 0 Å². The molecule has 198 valence electrons. The van der Waals surface area contributed by atoms with Gasteiger partial charge in [0.15, 0.2) is 0 Å². The summed E-state index contributed by atoms with van der Waals surface area (Å²) in [5.74, 6) is -1.87. The maximum absolute atomic E-state index is 13.2. The number of alkyl halides is 3. The van der Waals surface area contributed by atoms with Gasteiger partial charge in [0, 0.05) is 44.0 Å². The molecular formula is C22H27F5N6O3. The Labute approximate surface area is 204 Å². The number of benzene rings is 1. The topological polar surface area (TPSA) is 119 Å². The van der Waals surface area contributed by atoms with E-state index in [1.165, 1.54) is 0 Å². The van der Waals surface area contributed by atoms with Crippen LogP contribution in [0.25, 0.3) is 0 Å². The molecule has 0 unspecified atom stereocenters. The predicted octanol–water partition coefficient (Wildman–Crippen LogP) is 4.31. The monoisotopic (exact) mass is 518 g/mol. The fourth-order valence-corrected chi connectivity index (χ4v) is 3.42. The molecule has 0 spiro atoms. The van der Waals surface area contributed by atoms with Crippen molar-refractivity contribution in [3.63, 3.8) is 0 Å². The third kappa shape index (κ3) is 9.50. The van der Waals surface area contributed by atoms with Gasteiger partial charge in [0.25, 0.3) is 0 Å². The van der Waals surface area contributed by atoms with E-state index in [2.05, 4.69) is 25.9 Å². The van der Waals surface area contributed by atoms with Crippen LogP contribution in [0, 0.1) is 18.6 Å². The van der Waals surface area contributed by atoms with Crippen LogP contribution in [-0.4, -0.2) is 59.4 Å². The highest BCUT2D eigenvalue weighted by Gasteiger charge is 2.38. The van der Waals surface area contributed by atoms with E-state index >= 15 is 0 Å². The van der Waals surface area contributed by atoms with Gasteiger partial charge < -0.3 is 26.0 Å². The Kier molecular flexibility index (Phi) is 9.76. The van der Waals surface area contributed by atoms with E-state index in [1.54, 1.807) is 0 Å². The normalized spacial score (nSPS) is 17.3. The number of carboxylic acids is 1. The van der Waals surface area contributed by atoms with Crippen LogP contribution in [0.3, 0.4) is 0 Å². The van der Waals surface area contributed by atoms with Gasteiger partial charge >= 0.3 is 18.2 Å². The molecule has 1 saturated carbocycles. The predicted molar refractivity (Wildman–Crippen MR) is 123 cm³/mol. The van der Waals surface area contributed by atoms with Gasteiger partial charge in [-0.05, 0) is 44.7 Å². The summed E-state index contributed by atoms with van der Waals surface area (Å²) in [4.78, 5) is 31.8. The number of aromatic nitrogens is 2. The molecule has 0 bridgehead atoms. The van der Waals surface area contributed by atoms with E-state index in [0.29, 0.717) is 5.82 Å². The minimum Gasteiger partial charge on any atom is -0.475 e. The van der Waals surface area contributed by atoms with Gasteiger partial charge in [0.05, 0.1) is 0 Å². The third-order valence-electron chi connectivity index (χ3n) is 5.06. The van der Waals surface area contributed by atoms with Crippen molar-refractivity contribution in [3.05, 3.63) is 41.7 Å². The number of anilines is 3. The maximum atomic E-state index is 13.2. The second-order valence-corrected chi connectivity index (χ2v) is 8.31. The number of aryl methyl sites for hydroxylation is 1. The SMILES string of the molecule is Cc1nc(N[C@H]2CC[C@@H](NC(=O)Nc3cc(F)cc(F)c3)CC2)cc(N(C)C)n1.O=C(O)C(F)(F)F. The molecule has 0 saturated heterocycles. The number of amides is 2. The fourth-order valence-electron chi connectivity index (χ4n) is 3.42. The lowest BCUT2D eigenvalue weighted by Crippen LogP contribution is -2.42. The Morgan fingerprint density at radius 3 is 2.00 bits per heavy atom. The number of aliphatic carboxylic acids is 1. The first-order chi connectivity index (χ1) is 16.7. The minimum atomic E-state index is -5.08. The van der Waals surface area contributed by atoms with Crippen molar-refractivity contribution in [3.8, 4) is 0 Å². The summed E-state index contributed by atoms with van der Waals surface area (Å²) in [6.45, 7) is 1.86. The number of carbonyl (C=O) groups is 2. The van der Waals surface area contributed by atoms with Crippen molar-refractivity contribution in [1.29, 1.82) is 0 Å². The molecule has 1 aliphatic carbocycles. The zero-order valence-corrected chi connectivity index (χ0v) is 19.8.